The molecule has 0 aliphatic rings. The van der Waals surface area contributed by atoms with Crippen LogP contribution in [0.3, 0.4) is 0 Å². The SMILES string of the molecule is COc1ccc(OC(C)(C)CC(C)N)cc1. The summed E-state index contributed by atoms with van der Waals surface area (Å²) in [5.74, 6) is 1.67. The van der Waals surface area contributed by atoms with Crippen LogP contribution in [0.1, 0.15) is 27.2 Å². The van der Waals surface area contributed by atoms with Gasteiger partial charge in [0.1, 0.15) is 17.1 Å². The van der Waals surface area contributed by atoms with E-state index in [-0.39, 0.29) is 11.6 Å². The maximum atomic E-state index is 5.88. The third kappa shape index (κ3) is 4.11. The highest BCUT2D eigenvalue weighted by Gasteiger charge is 2.21. The lowest BCUT2D eigenvalue weighted by molar-refractivity contribution is 0.0932. The van der Waals surface area contributed by atoms with E-state index in [0.29, 0.717) is 0 Å². The van der Waals surface area contributed by atoms with E-state index in [0.717, 1.165) is 17.9 Å². The largest absolute Gasteiger partial charge is 0.497 e. The van der Waals surface area contributed by atoms with Crippen LogP contribution in [0, 0.1) is 0 Å². The van der Waals surface area contributed by atoms with E-state index in [1.165, 1.54) is 0 Å². The van der Waals surface area contributed by atoms with Crippen LogP contribution in [-0.2, 0) is 0 Å². The first-order valence-electron chi connectivity index (χ1n) is 5.51. The first kappa shape index (κ1) is 12.8. The molecule has 0 saturated carbocycles. The number of rotatable bonds is 5. The Balaban J connectivity index is 2.64. The Labute approximate surface area is 97.6 Å². The van der Waals surface area contributed by atoms with Gasteiger partial charge >= 0.3 is 0 Å². The maximum absolute atomic E-state index is 5.88. The summed E-state index contributed by atoms with van der Waals surface area (Å²) >= 11 is 0. The van der Waals surface area contributed by atoms with Gasteiger partial charge in [0.05, 0.1) is 7.11 Å². The molecule has 0 amide bonds. The second-order valence-corrected chi connectivity index (χ2v) is 4.72. The zero-order valence-electron chi connectivity index (χ0n) is 10.5. The molecule has 1 atom stereocenters. The molecule has 1 aromatic carbocycles. The molecule has 1 unspecified atom stereocenters. The number of hydrogen-bond acceptors (Lipinski definition) is 3. The Morgan fingerprint density at radius 1 is 1.19 bits per heavy atom. The standard InChI is InChI=1S/C13H21NO2/c1-10(14)9-13(2,3)16-12-7-5-11(15-4)6-8-12/h5-8,10H,9,14H2,1-4H3. The van der Waals surface area contributed by atoms with E-state index in [9.17, 15) is 0 Å². The minimum absolute atomic E-state index is 0.133. The highest BCUT2D eigenvalue weighted by atomic mass is 16.5. The van der Waals surface area contributed by atoms with Gasteiger partial charge in [-0.25, -0.2) is 0 Å². The number of ether oxygens (including phenoxy) is 2. The molecular formula is C13H21NO2. The van der Waals surface area contributed by atoms with Crippen LogP contribution in [0.25, 0.3) is 0 Å². The predicted molar refractivity (Wildman–Crippen MR) is 66.0 cm³/mol. The van der Waals surface area contributed by atoms with Crippen molar-refractivity contribution < 1.29 is 9.47 Å². The molecule has 3 nitrogen and oxygen atoms in total. The Morgan fingerprint density at radius 2 is 1.69 bits per heavy atom. The summed E-state index contributed by atoms with van der Waals surface area (Å²) in [7, 11) is 1.65. The normalized spacial score (nSPS) is 13.3. The van der Waals surface area contributed by atoms with Crippen LogP contribution in [0.5, 0.6) is 11.5 Å². The van der Waals surface area contributed by atoms with Crippen molar-refractivity contribution in [3.05, 3.63) is 24.3 Å². The second-order valence-electron chi connectivity index (χ2n) is 4.72. The number of nitrogens with two attached hydrogens (primary N) is 1. The van der Waals surface area contributed by atoms with E-state index in [2.05, 4.69) is 0 Å². The van der Waals surface area contributed by atoms with Crippen molar-refractivity contribution >= 4 is 0 Å². The maximum Gasteiger partial charge on any atom is 0.120 e. The van der Waals surface area contributed by atoms with Crippen LogP contribution < -0.4 is 15.2 Å². The lowest BCUT2D eigenvalue weighted by atomic mass is 10.0. The summed E-state index contributed by atoms with van der Waals surface area (Å²) in [5, 5.41) is 0. The van der Waals surface area contributed by atoms with Crippen LogP contribution in [-0.4, -0.2) is 18.8 Å². The zero-order chi connectivity index (χ0) is 12.2. The first-order valence-corrected chi connectivity index (χ1v) is 5.51. The summed E-state index contributed by atoms with van der Waals surface area (Å²) in [6.07, 6.45) is 0.818. The molecule has 0 aliphatic carbocycles. The molecule has 3 heteroatoms. The van der Waals surface area contributed by atoms with Crippen molar-refractivity contribution in [3.8, 4) is 11.5 Å². The molecule has 2 N–H and O–H groups in total. The van der Waals surface area contributed by atoms with Gasteiger partial charge in [0, 0.05) is 12.5 Å². The van der Waals surface area contributed by atoms with Crippen LogP contribution in [0.4, 0.5) is 0 Å². The van der Waals surface area contributed by atoms with Gasteiger partial charge in [-0.3, -0.25) is 0 Å². The smallest absolute Gasteiger partial charge is 0.120 e. The zero-order valence-corrected chi connectivity index (χ0v) is 10.5. The van der Waals surface area contributed by atoms with Gasteiger partial charge < -0.3 is 15.2 Å². The van der Waals surface area contributed by atoms with E-state index in [1.807, 2.05) is 45.0 Å². The Kier molecular flexibility index (Phi) is 4.19. The van der Waals surface area contributed by atoms with Gasteiger partial charge in [-0.15, -0.1) is 0 Å². The molecule has 90 valence electrons. The van der Waals surface area contributed by atoms with E-state index < -0.39 is 0 Å². The Hall–Kier alpha value is -1.22. The molecule has 0 fully saturated rings. The van der Waals surface area contributed by atoms with Crippen molar-refractivity contribution in [2.24, 2.45) is 5.73 Å². The summed E-state index contributed by atoms with van der Waals surface area (Å²) < 4.78 is 11.0. The number of methoxy groups -OCH3 is 1. The second kappa shape index (κ2) is 5.21. The minimum atomic E-state index is -0.247. The molecule has 1 aromatic rings. The van der Waals surface area contributed by atoms with Gasteiger partial charge in [0.25, 0.3) is 0 Å². The molecule has 0 aliphatic heterocycles. The van der Waals surface area contributed by atoms with Crippen molar-refractivity contribution in [3.63, 3.8) is 0 Å². The molecule has 0 spiro atoms. The van der Waals surface area contributed by atoms with E-state index in [1.54, 1.807) is 7.11 Å². The fourth-order valence-corrected chi connectivity index (χ4v) is 1.78. The minimum Gasteiger partial charge on any atom is -0.497 e. The lowest BCUT2D eigenvalue weighted by Crippen LogP contribution is -2.35. The Morgan fingerprint density at radius 3 is 2.12 bits per heavy atom. The average molecular weight is 223 g/mol. The van der Waals surface area contributed by atoms with Gasteiger partial charge in [0.15, 0.2) is 0 Å². The topological polar surface area (TPSA) is 44.5 Å². The van der Waals surface area contributed by atoms with Crippen LogP contribution >= 0.6 is 0 Å². The third-order valence-electron chi connectivity index (χ3n) is 2.27. The fourth-order valence-electron chi connectivity index (χ4n) is 1.78. The van der Waals surface area contributed by atoms with Crippen molar-refractivity contribution in [2.45, 2.75) is 38.8 Å². The van der Waals surface area contributed by atoms with Gasteiger partial charge in [-0.05, 0) is 45.0 Å². The quantitative estimate of drug-likeness (QED) is 0.834. The molecule has 0 heterocycles. The summed E-state index contributed by atoms with van der Waals surface area (Å²) in [6, 6.07) is 7.71. The van der Waals surface area contributed by atoms with E-state index in [4.69, 9.17) is 15.2 Å². The summed E-state index contributed by atoms with van der Waals surface area (Å²) in [4.78, 5) is 0. The van der Waals surface area contributed by atoms with Crippen molar-refractivity contribution in [1.29, 1.82) is 0 Å². The molecule has 0 aromatic heterocycles. The highest BCUT2D eigenvalue weighted by Crippen LogP contribution is 2.24. The lowest BCUT2D eigenvalue weighted by Gasteiger charge is -2.28. The number of benzene rings is 1. The number of hydrogen-bond donors (Lipinski definition) is 1. The highest BCUT2D eigenvalue weighted by molar-refractivity contribution is 5.31. The monoisotopic (exact) mass is 223 g/mol. The molecular weight excluding hydrogens is 202 g/mol. The molecule has 0 bridgehead atoms. The summed E-state index contributed by atoms with van der Waals surface area (Å²) in [5.41, 5.74) is 5.53. The van der Waals surface area contributed by atoms with Crippen LogP contribution in [0.2, 0.25) is 0 Å². The molecule has 0 radical (unpaired) electrons. The molecule has 0 saturated heterocycles. The van der Waals surface area contributed by atoms with Crippen molar-refractivity contribution in [1.82, 2.24) is 0 Å². The predicted octanol–water partition coefficient (Wildman–Crippen LogP) is 2.59. The average Bonchev–Trinajstić information content (AvgIpc) is 2.16. The van der Waals surface area contributed by atoms with Gasteiger partial charge in [-0.2, -0.15) is 0 Å². The van der Waals surface area contributed by atoms with Crippen LogP contribution in [0.15, 0.2) is 24.3 Å². The third-order valence-corrected chi connectivity index (χ3v) is 2.27. The first-order chi connectivity index (χ1) is 7.43. The van der Waals surface area contributed by atoms with Gasteiger partial charge in [-0.1, -0.05) is 0 Å². The van der Waals surface area contributed by atoms with E-state index >= 15 is 0 Å². The van der Waals surface area contributed by atoms with Gasteiger partial charge in [0.2, 0.25) is 0 Å². The summed E-state index contributed by atoms with van der Waals surface area (Å²) in [6.45, 7) is 6.07. The fraction of sp³-hybridized carbons (Fsp3) is 0.538. The van der Waals surface area contributed by atoms with Crippen molar-refractivity contribution in [2.75, 3.05) is 7.11 Å². The molecule has 1 rings (SSSR count). The molecule has 16 heavy (non-hydrogen) atoms. The Bertz CT molecular complexity index is 317.